The number of carbonyl (C=O) groups excluding carboxylic acids is 1. The number of hydrogen-bond acceptors (Lipinski definition) is 4. The van der Waals surface area contributed by atoms with Crippen LogP contribution < -0.4 is 4.74 Å². The standard InChI is InChI=1S/C16H12Cl2O4/c1-20-15(19)16(9-21-16)11-7-6-10(8-13(11)18)22-14-5-3-2-4-12(14)17/h2-8H,9H2,1H3. The molecule has 1 aliphatic heterocycles. The summed E-state index contributed by atoms with van der Waals surface area (Å²) in [5.74, 6) is 0.579. The van der Waals surface area contributed by atoms with E-state index in [-0.39, 0.29) is 6.61 Å². The van der Waals surface area contributed by atoms with Crippen molar-refractivity contribution in [3.63, 3.8) is 0 Å². The Hall–Kier alpha value is -1.75. The first kappa shape index (κ1) is 15.2. The molecule has 3 rings (SSSR count). The molecule has 22 heavy (non-hydrogen) atoms. The van der Waals surface area contributed by atoms with Crippen molar-refractivity contribution in [2.75, 3.05) is 13.7 Å². The summed E-state index contributed by atoms with van der Waals surface area (Å²) in [4.78, 5) is 11.8. The van der Waals surface area contributed by atoms with Crippen molar-refractivity contribution in [1.82, 2.24) is 0 Å². The first-order valence-electron chi connectivity index (χ1n) is 6.51. The SMILES string of the molecule is COC(=O)C1(c2ccc(Oc3ccccc3Cl)cc2Cl)CO1. The van der Waals surface area contributed by atoms with Gasteiger partial charge in [-0.05, 0) is 24.3 Å². The molecule has 1 heterocycles. The van der Waals surface area contributed by atoms with Gasteiger partial charge in [-0.2, -0.15) is 0 Å². The van der Waals surface area contributed by atoms with Gasteiger partial charge < -0.3 is 14.2 Å². The number of ether oxygens (including phenoxy) is 3. The van der Waals surface area contributed by atoms with Crippen molar-refractivity contribution in [2.45, 2.75) is 5.60 Å². The quantitative estimate of drug-likeness (QED) is 0.619. The number of carbonyl (C=O) groups is 1. The predicted molar refractivity (Wildman–Crippen MR) is 82.6 cm³/mol. The number of hydrogen-bond donors (Lipinski definition) is 0. The van der Waals surface area contributed by atoms with Gasteiger partial charge in [-0.1, -0.05) is 41.4 Å². The van der Waals surface area contributed by atoms with Crippen molar-refractivity contribution < 1.29 is 19.0 Å². The van der Waals surface area contributed by atoms with Gasteiger partial charge in [0.05, 0.1) is 23.8 Å². The van der Waals surface area contributed by atoms with E-state index in [2.05, 4.69) is 0 Å². The van der Waals surface area contributed by atoms with Gasteiger partial charge in [0.1, 0.15) is 11.5 Å². The molecular formula is C16H12Cl2O4. The molecule has 0 spiro atoms. The summed E-state index contributed by atoms with van der Waals surface area (Å²) in [5, 5.41) is 0.867. The van der Waals surface area contributed by atoms with E-state index >= 15 is 0 Å². The van der Waals surface area contributed by atoms with E-state index in [1.807, 2.05) is 12.1 Å². The second-order valence-electron chi connectivity index (χ2n) is 4.78. The fraction of sp³-hybridized carbons (Fsp3) is 0.188. The monoisotopic (exact) mass is 338 g/mol. The van der Waals surface area contributed by atoms with Crippen molar-refractivity contribution >= 4 is 29.2 Å². The Kier molecular flexibility index (Phi) is 4.00. The van der Waals surface area contributed by atoms with Crippen LogP contribution in [0.1, 0.15) is 5.56 Å². The van der Waals surface area contributed by atoms with Gasteiger partial charge in [-0.25, -0.2) is 4.79 Å². The van der Waals surface area contributed by atoms with E-state index < -0.39 is 11.6 Å². The highest BCUT2D eigenvalue weighted by molar-refractivity contribution is 6.32. The van der Waals surface area contributed by atoms with Crippen LogP contribution in [0.3, 0.4) is 0 Å². The summed E-state index contributed by atoms with van der Waals surface area (Å²) in [5.41, 5.74) is -0.526. The summed E-state index contributed by atoms with van der Waals surface area (Å²) in [6.07, 6.45) is 0. The fourth-order valence-corrected chi connectivity index (χ4v) is 2.66. The minimum absolute atomic E-state index is 0.254. The minimum Gasteiger partial charge on any atom is -0.467 e. The molecule has 0 bridgehead atoms. The number of para-hydroxylation sites is 1. The van der Waals surface area contributed by atoms with Crippen LogP contribution in [0, 0.1) is 0 Å². The van der Waals surface area contributed by atoms with E-state index in [0.717, 1.165) is 0 Å². The second-order valence-corrected chi connectivity index (χ2v) is 5.60. The molecular weight excluding hydrogens is 327 g/mol. The molecule has 1 saturated heterocycles. The summed E-state index contributed by atoms with van der Waals surface area (Å²) >= 11 is 12.3. The van der Waals surface area contributed by atoms with Crippen molar-refractivity contribution in [3.05, 3.63) is 58.1 Å². The number of methoxy groups -OCH3 is 1. The smallest absolute Gasteiger partial charge is 0.345 e. The van der Waals surface area contributed by atoms with Crippen LogP contribution in [0.4, 0.5) is 0 Å². The summed E-state index contributed by atoms with van der Waals surface area (Å²) in [7, 11) is 1.31. The number of esters is 1. The molecule has 1 atom stereocenters. The third-order valence-electron chi connectivity index (χ3n) is 3.39. The minimum atomic E-state index is -1.09. The molecule has 6 heteroatoms. The molecule has 114 valence electrons. The Morgan fingerprint density at radius 1 is 1.18 bits per heavy atom. The van der Waals surface area contributed by atoms with Crippen LogP contribution in [-0.2, 0) is 19.9 Å². The number of epoxide rings is 1. The lowest BCUT2D eigenvalue weighted by Gasteiger charge is -2.13. The molecule has 4 nitrogen and oxygen atoms in total. The lowest BCUT2D eigenvalue weighted by molar-refractivity contribution is -0.147. The molecule has 0 radical (unpaired) electrons. The van der Waals surface area contributed by atoms with E-state index in [1.54, 1.807) is 30.3 Å². The van der Waals surface area contributed by atoms with Crippen LogP contribution >= 0.6 is 23.2 Å². The summed E-state index contributed by atoms with van der Waals surface area (Å²) < 4.78 is 15.7. The third-order valence-corrected chi connectivity index (χ3v) is 4.01. The number of rotatable bonds is 4. The van der Waals surface area contributed by atoms with Gasteiger partial charge in [0.2, 0.25) is 5.60 Å². The van der Waals surface area contributed by atoms with Crippen LogP contribution in [0.15, 0.2) is 42.5 Å². The summed E-state index contributed by atoms with van der Waals surface area (Å²) in [6.45, 7) is 0.254. The van der Waals surface area contributed by atoms with Crippen molar-refractivity contribution in [3.8, 4) is 11.5 Å². The van der Waals surface area contributed by atoms with Gasteiger partial charge in [-0.15, -0.1) is 0 Å². The van der Waals surface area contributed by atoms with Crippen LogP contribution in [0.25, 0.3) is 0 Å². The molecule has 1 fully saturated rings. The zero-order valence-corrected chi connectivity index (χ0v) is 13.1. The average molecular weight is 339 g/mol. The zero-order chi connectivity index (χ0) is 15.7. The van der Waals surface area contributed by atoms with E-state index in [0.29, 0.717) is 27.1 Å². The molecule has 1 unspecified atom stereocenters. The largest absolute Gasteiger partial charge is 0.467 e. The van der Waals surface area contributed by atoms with Gasteiger partial charge in [0.15, 0.2) is 0 Å². The molecule has 2 aromatic carbocycles. The van der Waals surface area contributed by atoms with Crippen LogP contribution in [0.2, 0.25) is 10.0 Å². The lowest BCUT2D eigenvalue weighted by Crippen LogP contribution is -2.24. The lowest BCUT2D eigenvalue weighted by atomic mass is 10.00. The Bertz CT molecular complexity index is 726. The second kappa shape index (κ2) is 5.80. The highest BCUT2D eigenvalue weighted by Crippen LogP contribution is 2.44. The Labute approximate surface area is 137 Å². The van der Waals surface area contributed by atoms with E-state index in [1.165, 1.54) is 7.11 Å². The first-order valence-corrected chi connectivity index (χ1v) is 7.27. The van der Waals surface area contributed by atoms with Crippen LogP contribution in [0.5, 0.6) is 11.5 Å². The maximum atomic E-state index is 11.8. The Morgan fingerprint density at radius 2 is 1.91 bits per heavy atom. The van der Waals surface area contributed by atoms with E-state index in [4.69, 9.17) is 37.4 Å². The highest BCUT2D eigenvalue weighted by Gasteiger charge is 2.56. The molecule has 0 saturated carbocycles. The van der Waals surface area contributed by atoms with Gasteiger partial charge in [-0.3, -0.25) is 0 Å². The van der Waals surface area contributed by atoms with Crippen molar-refractivity contribution in [1.29, 1.82) is 0 Å². The van der Waals surface area contributed by atoms with E-state index in [9.17, 15) is 4.79 Å². The highest BCUT2D eigenvalue weighted by atomic mass is 35.5. The summed E-state index contributed by atoms with van der Waals surface area (Å²) in [6, 6.07) is 12.1. The van der Waals surface area contributed by atoms with Crippen molar-refractivity contribution in [2.24, 2.45) is 0 Å². The van der Waals surface area contributed by atoms with Gasteiger partial charge >= 0.3 is 5.97 Å². The van der Waals surface area contributed by atoms with Crippen LogP contribution in [-0.4, -0.2) is 19.7 Å². The average Bonchev–Trinajstić information content (AvgIpc) is 3.30. The molecule has 0 N–H and O–H groups in total. The molecule has 2 aromatic rings. The molecule has 0 aliphatic carbocycles. The maximum Gasteiger partial charge on any atom is 0.345 e. The number of benzene rings is 2. The fourth-order valence-electron chi connectivity index (χ4n) is 2.16. The zero-order valence-electron chi connectivity index (χ0n) is 11.6. The maximum absolute atomic E-state index is 11.8. The third kappa shape index (κ3) is 2.65. The first-order chi connectivity index (χ1) is 10.6. The normalized spacial score (nSPS) is 19.6. The Morgan fingerprint density at radius 3 is 2.50 bits per heavy atom. The molecule has 1 aliphatic rings. The molecule has 0 amide bonds. The van der Waals surface area contributed by atoms with Gasteiger partial charge in [0, 0.05) is 5.56 Å². The van der Waals surface area contributed by atoms with Gasteiger partial charge in [0.25, 0.3) is 0 Å². The predicted octanol–water partition coefficient (Wildman–Crippen LogP) is 4.18. The Balaban J connectivity index is 1.87. The number of halogens is 2. The molecule has 0 aromatic heterocycles. The topological polar surface area (TPSA) is 48.1 Å².